The van der Waals surface area contributed by atoms with E-state index in [1.165, 1.54) is 12.1 Å². The van der Waals surface area contributed by atoms with Crippen LogP contribution in [0.5, 0.6) is 0 Å². The Bertz CT molecular complexity index is 371. The van der Waals surface area contributed by atoms with Crippen molar-refractivity contribution in [1.82, 2.24) is 5.32 Å². The van der Waals surface area contributed by atoms with E-state index in [1.807, 2.05) is 7.05 Å². The molecule has 1 saturated heterocycles. The number of halogens is 2. The summed E-state index contributed by atoms with van der Waals surface area (Å²) in [5.74, 6) is -1.05. The van der Waals surface area contributed by atoms with Gasteiger partial charge in [-0.15, -0.1) is 0 Å². The first-order valence-corrected chi connectivity index (χ1v) is 6.43. The lowest BCUT2D eigenvalue weighted by Crippen LogP contribution is -2.42. The summed E-state index contributed by atoms with van der Waals surface area (Å²) in [5, 5.41) is 3.19. The minimum Gasteiger partial charge on any atom is -0.377 e. The predicted octanol–water partition coefficient (Wildman–Crippen LogP) is 2.66. The van der Waals surface area contributed by atoms with E-state index in [1.54, 1.807) is 0 Å². The molecule has 0 saturated carbocycles. The highest BCUT2D eigenvalue weighted by Crippen LogP contribution is 2.19. The zero-order chi connectivity index (χ0) is 13.0. The normalized spacial score (nSPS) is 21.8. The summed E-state index contributed by atoms with van der Waals surface area (Å²) in [6.45, 7) is 0.778. The van der Waals surface area contributed by atoms with Crippen LogP contribution in [0.4, 0.5) is 8.78 Å². The summed E-state index contributed by atoms with van der Waals surface area (Å²) in [6.07, 6.45) is 3.97. The maximum Gasteiger partial charge on any atom is 0.126 e. The van der Waals surface area contributed by atoms with E-state index >= 15 is 0 Å². The van der Waals surface area contributed by atoms with Gasteiger partial charge in [0.2, 0.25) is 0 Å². The molecule has 18 heavy (non-hydrogen) atoms. The first-order chi connectivity index (χ1) is 8.69. The average molecular weight is 255 g/mol. The highest BCUT2D eigenvalue weighted by molar-refractivity contribution is 5.19. The van der Waals surface area contributed by atoms with Crippen LogP contribution in [-0.2, 0) is 11.2 Å². The van der Waals surface area contributed by atoms with Crippen LogP contribution in [0.1, 0.15) is 24.8 Å². The van der Waals surface area contributed by atoms with Crippen molar-refractivity contribution < 1.29 is 13.5 Å². The van der Waals surface area contributed by atoms with Crippen LogP contribution in [0.15, 0.2) is 18.2 Å². The Morgan fingerprint density at radius 2 is 2.00 bits per heavy atom. The van der Waals surface area contributed by atoms with E-state index in [0.717, 1.165) is 31.9 Å². The fraction of sp³-hybridized carbons (Fsp3) is 0.571. The third-order valence-corrected chi connectivity index (χ3v) is 3.41. The molecule has 0 spiro atoms. The first kappa shape index (κ1) is 13.4. The second-order valence-electron chi connectivity index (χ2n) is 4.78. The van der Waals surface area contributed by atoms with Crippen molar-refractivity contribution in [1.29, 1.82) is 0 Å². The molecule has 1 aliphatic rings. The number of rotatable bonds is 4. The molecule has 4 heteroatoms. The molecule has 0 bridgehead atoms. The van der Waals surface area contributed by atoms with Crippen LogP contribution in [0.2, 0.25) is 0 Å². The summed E-state index contributed by atoms with van der Waals surface area (Å²) in [6, 6.07) is 3.77. The van der Waals surface area contributed by atoms with Gasteiger partial charge in [0.1, 0.15) is 11.6 Å². The van der Waals surface area contributed by atoms with Gasteiger partial charge in [-0.2, -0.15) is 0 Å². The van der Waals surface area contributed by atoms with Crippen LogP contribution in [-0.4, -0.2) is 25.8 Å². The van der Waals surface area contributed by atoms with Crippen molar-refractivity contribution in [2.45, 2.75) is 37.8 Å². The molecule has 0 radical (unpaired) electrons. The molecule has 1 heterocycles. The summed E-state index contributed by atoms with van der Waals surface area (Å²) in [7, 11) is 1.86. The number of ether oxygens (including phenoxy) is 1. The molecule has 0 aliphatic carbocycles. The topological polar surface area (TPSA) is 21.3 Å². The molecule has 1 aromatic carbocycles. The number of likely N-dealkylation sites (N-methyl/N-ethyl adjacent to an activating group) is 1. The Kier molecular flexibility index (Phi) is 4.66. The Morgan fingerprint density at radius 1 is 1.28 bits per heavy atom. The second kappa shape index (κ2) is 6.25. The van der Waals surface area contributed by atoms with Crippen molar-refractivity contribution >= 4 is 0 Å². The van der Waals surface area contributed by atoms with Gasteiger partial charge in [-0.25, -0.2) is 8.78 Å². The minimum absolute atomic E-state index is 0.103. The zero-order valence-electron chi connectivity index (χ0n) is 10.6. The zero-order valence-corrected chi connectivity index (χ0v) is 10.6. The molecule has 2 atom stereocenters. The second-order valence-corrected chi connectivity index (χ2v) is 4.78. The SMILES string of the molecule is CNC(Cc1cc(F)cc(F)c1)C1CCCCO1. The summed E-state index contributed by atoms with van der Waals surface area (Å²) in [5.41, 5.74) is 0.668. The third-order valence-electron chi connectivity index (χ3n) is 3.41. The van der Waals surface area contributed by atoms with Gasteiger partial charge >= 0.3 is 0 Å². The van der Waals surface area contributed by atoms with Crippen LogP contribution in [0.3, 0.4) is 0 Å². The van der Waals surface area contributed by atoms with Crippen LogP contribution < -0.4 is 5.32 Å². The van der Waals surface area contributed by atoms with Gasteiger partial charge in [-0.05, 0) is 50.4 Å². The molecule has 1 fully saturated rings. The summed E-state index contributed by atoms with van der Waals surface area (Å²) in [4.78, 5) is 0. The Labute approximate surface area is 106 Å². The molecule has 2 nitrogen and oxygen atoms in total. The number of nitrogens with one attached hydrogen (secondary N) is 1. The fourth-order valence-electron chi connectivity index (χ4n) is 2.49. The fourth-order valence-corrected chi connectivity index (χ4v) is 2.49. The molecule has 100 valence electrons. The molecular formula is C14H19F2NO. The van der Waals surface area contributed by atoms with Crippen molar-refractivity contribution in [3.05, 3.63) is 35.4 Å². The smallest absolute Gasteiger partial charge is 0.126 e. The molecule has 1 aromatic rings. The van der Waals surface area contributed by atoms with Crippen LogP contribution >= 0.6 is 0 Å². The van der Waals surface area contributed by atoms with Gasteiger partial charge in [0.15, 0.2) is 0 Å². The Hall–Kier alpha value is -1.00. The molecule has 0 aromatic heterocycles. The van der Waals surface area contributed by atoms with Gasteiger partial charge < -0.3 is 10.1 Å². The maximum atomic E-state index is 13.1. The van der Waals surface area contributed by atoms with Crippen molar-refractivity contribution in [2.24, 2.45) is 0 Å². The summed E-state index contributed by atoms with van der Waals surface area (Å²) >= 11 is 0. The van der Waals surface area contributed by atoms with E-state index < -0.39 is 11.6 Å². The average Bonchev–Trinajstić information content (AvgIpc) is 2.36. The lowest BCUT2D eigenvalue weighted by molar-refractivity contribution is -0.00589. The van der Waals surface area contributed by atoms with E-state index in [-0.39, 0.29) is 12.1 Å². The molecular weight excluding hydrogens is 236 g/mol. The van der Waals surface area contributed by atoms with E-state index in [9.17, 15) is 8.78 Å². The third kappa shape index (κ3) is 3.50. The van der Waals surface area contributed by atoms with E-state index in [0.29, 0.717) is 12.0 Å². The predicted molar refractivity (Wildman–Crippen MR) is 66.5 cm³/mol. The van der Waals surface area contributed by atoms with Crippen LogP contribution in [0, 0.1) is 11.6 Å². The standard InChI is InChI=1S/C14H19F2NO/c1-17-13(14-4-2-3-5-18-14)8-10-6-11(15)9-12(16)7-10/h6-7,9,13-14,17H,2-5,8H2,1H3. The van der Waals surface area contributed by atoms with E-state index in [2.05, 4.69) is 5.32 Å². The molecule has 1 aliphatic heterocycles. The van der Waals surface area contributed by atoms with Crippen molar-refractivity contribution in [3.63, 3.8) is 0 Å². The first-order valence-electron chi connectivity index (χ1n) is 6.43. The molecule has 2 rings (SSSR count). The Balaban J connectivity index is 2.04. The highest BCUT2D eigenvalue weighted by atomic mass is 19.1. The summed E-state index contributed by atoms with van der Waals surface area (Å²) < 4.78 is 32.0. The quantitative estimate of drug-likeness (QED) is 0.893. The maximum absolute atomic E-state index is 13.1. The van der Waals surface area contributed by atoms with Gasteiger partial charge in [0, 0.05) is 18.7 Å². The van der Waals surface area contributed by atoms with Crippen molar-refractivity contribution in [3.8, 4) is 0 Å². The monoisotopic (exact) mass is 255 g/mol. The van der Waals surface area contributed by atoms with Gasteiger partial charge in [-0.1, -0.05) is 0 Å². The highest BCUT2D eigenvalue weighted by Gasteiger charge is 2.23. The van der Waals surface area contributed by atoms with Crippen molar-refractivity contribution in [2.75, 3.05) is 13.7 Å². The number of hydrogen-bond donors (Lipinski definition) is 1. The molecule has 1 N–H and O–H groups in total. The van der Waals surface area contributed by atoms with Gasteiger partial charge in [0.25, 0.3) is 0 Å². The lowest BCUT2D eigenvalue weighted by atomic mass is 9.96. The number of benzene rings is 1. The molecule has 2 unspecified atom stereocenters. The van der Waals surface area contributed by atoms with Gasteiger partial charge in [-0.3, -0.25) is 0 Å². The lowest BCUT2D eigenvalue weighted by Gasteiger charge is -2.30. The largest absolute Gasteiger partial charge is 0.377 e. The Morgan fingerprint density at radius 3 is 2.56 bits per heavy atom. The minimum atomic E-state index is -0.524. The number of hydrogen-bond acceptors (Lipinski definition) is 2. The van der Waals surface area contributed by atoms with Crippen LogP contribution in [0.25, 0.3) is 0 Å². The molecule has 0 amide bonds. The van der Waals surface area contributed by atoms with E-state index in [4.69, 9.17) is 4.74 Å². The van der Waals surface area contributed by atoms with Gasteiger partial charge in [0.05, 0.1) is 6.10 Å².